The molecule has 0 amide bonds. The van der Waals surface area contributed by atoms with Crippen molar-refractivity contribution in [2.45, 2.75) is 24.4 Å². The number of rotatable bonds is 4. The van der Waals surface area contributed by atoms with E-state index < -0.39 is 0 Å². The summed E-state index contributed by atoms with van der Waals surface area (Å²) in [4.78, 5) is 16.3. The molecule has 1 N–H and O–H groups in total. The van der Waals surface area contributed by atoms with Gasteiger partial charge in [0.15, 0.2) is 9.62 Å². The first-order valence-corrected chi connectivity index (χ1v) is 6.77. The Labute approximate surface area is 105 Å². The summed E-state index contributed by atoms with van der Waals surface area (Å²) < 4.78 is 2.12. The molecule has 0 bridgehead atoms. The molecule has 0 aliphatic carbocycles. The standard InChI is InChI=1S/C8H9ClN4OS2/c1-2-13-7(14)11-12-8(13)15-4-5-3-10-6(9)16-5/h3H,2,4H2,1H3,(H,11,14). The number of hydrogen-bond acceptors (Lipinski definition) is 5. The van der Waals surface area contributed by atoms with Crippen LogP contribution in [-0.2, 0) is 12.3 Å². The molecule has 0 aliphatic heterocycles. The Bertz CT molecular complexity index is 532. The smallest absolute Gasteiger partial charge is 0.270 e. The third-order valence-electron chi connectivity index (χ3n) is 1.91. The van der Waals surface area contributed by atoms with Crippen LogP contribution in [0.2, 0.25) is 4.47 Å². The van der Waals surface area contributed by atoms with Crippen molar-refractivity contribution in [3.63, 3.8) is 0 Å². The first kappa shape index (κ1) is 11.7. The molecule has 0 fully saturated rings. The molecule has 0 saturated heterocycles. The molecule has 2 aromatic rings. The minimum Gasteiger partial charge on any atom is -0.270 e. The molecular weight excluding hydrogens is 268 g/mol. The van der Waals surface area contributed by atoms with Crippen molar-refractivity contribution in [3.8, 4) is 0 Å². The lowest BCUT2D eigenvalue weighted by Crippen LogP contribution is -2.16. The van der Waals surface area contributed by atoms with Crippen LogP contribution in [0.25, 0.3) is 0 Å². The molecule has 0 radical (unpaired) electrons. The Balaban J connectivity index is 2.07. The molecule has 0 saturated carbocycles. The number of aromatic nitrogens is 4. The fourth-order valence-electron chi connectivity index (χ4n) is 1.18. The Morgan fingerprint density at radius 1 is 1.69 bits per heavy atom. The van der Waals surface area contributed by atoms with E-state index in [1.165, 1.54) is 23.1 Å². The predicted molar refractivity (Wildman–Crippen MR) is 65.2 cm³/mol. The minimum absolute atomic E-state index is 0.174. The number of nitrogens with zero attached hydrogens (tertiary/aromatic N) is 3. The van der Waals surface area contributed by atoms with Crippen molar-refractivity contribution in [3.05, 3.63) is 26.0 Å². The maximum absolute atomic E-state index is 11.3. The van der Waals surface area contributed by atoms with Gasteiger partial charge in [0.2, 0.25) is 0 Å². The number of nitrogens with one attached hydrogen (secondary N) is 1. The highest BCUT2D eigenvalue weighted by atomic mass is 35.5. The van der Waals surface area contributed by atoms with Crippen LogP contribution in [0.5, 0.6) is 0 Å². The van der Waals surface area contributed by atoms with Crippen LogP contribution in [0.15, 0.2) is 16.1 Å². The van der Waals surface area contributed by atoms with Gasteiger partial charge < -0.3 is 0 Å². The van der Waals surface area contributed by atoms with Crippen LogP contribution >= 0.6 is 34.7 Å². The van der Waals surface area contributed by atoms with E-state index in [0.717, 1.165) is 4.88 Å². The summed E-state index contributed by atoms with van der Waals surface area (Å²) in [7, 11) is 0. The van der Waals surface area contributed by atoms with Crippen LogP contribution in [0.3, 0.4) is 0 Å². The molecule has 2 rings (SSSR count). The number of aromatic amines is 1. The van der Waals surface area contributed by atoms with Crippen LogP contribution < -0.4 is 5.69 Å². The molecule has 8 heteroatoms. The zero-order valence-corrected chi connectivity index (χ0v) is 10.8. The molecule has 0 atom stereocenters. The zero-order chi connectivity index (χ0) is 11.5. The Hall–Kier alpha value is -0.790. The fourth-order valence-corrected chi connectivity index (χ4v) is 3.19. The van der Waals surface area contributed by atoms with Gasteiger partial charge in [-0.3, -0.25) is 4.57 Å². The largest absolute Gasteiger partial charge is 0.343 e. The molecule has 0 aromatic carbocycles. The van der Waals surface area contributed by atoms with Crippen molar-refractivity contribution in [2.75, 3.05) is 0 Å². The van der Waals surface area contributed by atoms with Gasteiger partial charge in [-0.25, -0.2) is 14.9 Å². The summed E-state index contributed by atoms with van der Waals surface area (Å²) in [5.41, 5.74) is -0.174. The SMILES string of the molecule is CCn1c(SCc2cnc(Cl)s2)n[nH]c1=O. The van der Waals surface area contributed by atoms with Gasteiger partial charge in [0, 0.05) is 23.4 Å². The number of halogens is 1. The van der Waals surface area contributed by atoms with Crippen LogP contribution in [0, 0.1) is 0 Å². The van der Waals surface area contributed by atoms with Gasteiger partial charge in [0.25, 0.3) is 0 Å². The third kappa shape index (κ3) is 2.47. The number of H-pyrrole nitrogens is 1. The Morgan fingerprint density at radius 3 is 3.12 bits per heavy atom. The molecule has 2 heterocycles. The van der Waals surface area contributed by atoms with Gasteiger partial charge in [0.1, 0.15) is 0 Å². The summed E-state index contributed by atoms with van der Waals surface area (Å²) in [6, 6.07) is 0. The second kappa shape index (κ2) is 5.03. The summed E-state index contributed by atoms with van der Waals surface area (Å²) in [6.45, 7) is 2.52. The Morgan fingerprint density at radius 2 is 2.50 bits per heavy atom. The van der Waals surface area contributed by atoms with Gasteiger partial charge in [-0.05, 0) is 6.92 Å². The van der Waals surface area contributed by atoms with E-state index in [9.17, 15) is 4.79 Å². The highest BCUT2D eigenvalue weighted by molar-refractivity contribution is 7.98. The number of hydrogen-bond donors (Lipinski definition) is 1. The predicted octanol–water partition coefficient (Wildman–Crippen LogP) is 1.99. The average Bonchev–Trinajstić information content (AvgIpc) is 2.82. The molecule has 16 heavy (non-hydrogen) atoms. The molecule has 2 aromatic heterocycles. The normalized spacial score (nSPS) is 10.9. The molecule has 86 valence electrons. The van der Waals surface area contributed by atoms with Crippen molar-refractivity contribution in [2.24, 2.45) is 0 Å². The quantitative estimate of drug-likeness (QED) is 0.868. The summed E-state index contributed by atoms with van der Waals surface area (Å²) in [5, 5.41) is 7.07. The monoisotopic (exact) mass is 276 g/mol. The van der Waals surface area contributed by atoms with Crippen LogP contribution in [-0.4, -0.2) is 19.7 Å². The highest BCUT2D eigenvalue weighted by Crippen LogP contribution is 2.25. The van der Waals surface area contributed by atoms with E-state index in [-0.39, 0.29) is 5.69 Å². The summed E-state index contributed by atoms with van der Waals surface area (Å²) >= 11 is 8.65. The maximum atomic E-state index is 11.3. The molecule has 0 spiro atoms. The molecular formula is C8H9ClN4OS2. The average molecular weight is 277 g/mol. The first-order valence-electron chi connectivity index (χ1n) is 4.59. The van der Waals surface area contributed by atoms with Gasteiger partial charge in [-0.15, -0.1) is 16.4 Å². The van der Waals surface area contributed by atoms with Crippen molar-refractivity contribution < 1.29 is 0 Å². The lowest BCUT2D eigenvalue weighted by Gasteiger charge is -1.99. The van der Waals surface area contributed by atoms with Crippen molar-refractivity contribution in [1.29, 1.82) is 0 Å². The zero-order valence-electron chi connectivity index (χ0n) is 8.44. The second-order valence-electron chi connectivity index (χ2n) is 2.92. The summed E-state index contributed by atoms with van der Waals surface area (Å²) in [5.74, 6) is 0.717. The molecule has 0 aliphatic rings. The fraction of sp³-hybridized carbons (Fsp3) is 0.375. The minimum atomic E-state index is -0.174. The van der Waals surface area contributed by atoms with Gasteiger partial charge in [-0.2, -0.15) is 0 Å². The third-order valence-corrected chi connectivity index (χ3v) is 4.23. The van der Waals surface area contributed by atoms with E-state index in [2.05, 4.69) is 15.2 Å². The Kier molecular flexibility index (Phi) is 3.67. The summed E-state index contributed by atoms with van der Waals surface area (Å²) in [6.07, 6.45) is 1.74. The van der Waals surface area contributed by atoms with Gasteiger partial charge in [0.05, 0.1) is 0 Å². The van der Waals surface area contributed by atoms with E-state index in [0.29, 0.717) is 21.9 Å². The van der Waals surface area contributed by atoms with Gasteiger partial charge >= 0.3 is 5.69 Å². The van der Waals surface area contributed by atoms with E-state index in [1.807, 2.05) is 6.92 Å². The lowest BCUT2D eigenvalue weighted by atomic mass is 10.6. The maximum Gasteiger partial charge on any atom is 0.343 e. The topological polar surface area (TPSA) is 63.6 Å². The lowest BCUT2D eigenvalue weighted by molar-refractivity contribution is 0.660. The number of thioether (sulfide) groups is 1. The highest BCUT2D eigenvalue weighted by Gasteiger charge is 2.08. The van der Waals surface area contributed by atoms with Crippen molar-refractivity contribution >= 4 is 34.7 Å². The van der Waals surface area contributed by atoms with Crippen LogP contribution in [0.1, 0.15) is 11.8 Å². The van der Waals surface area contributed by atoms with E-state index in [1.54, 1.807) is 10.8 Å². The van der Waals surface area contributed by atoms with E-state index >= 15 is 0 Å². The van der Waals surface area contributed by atoms with Gasteiger partial charge in [-0.1, -0.05) is 23.4 Å². The second-order valence-corrected chi connectivity index (χ2v) is 5.56. The van der Waals surface area contributed by atoms with E-state index in [4.69, 9.17) is 11.6 Å². The molecule has 0 unspecified atom stereocenters. The van der Waals surface area contributed by atoms with Crippen LogP contribution in [0.4, 0.5) is 0 Å². The first-order chi connectivity index (χ1) is 7.70. The van der Waals surface area contributed by atoms with Crippen molar-refractivity contribution in [1.82, 2.24) is 19.7 Å². The molecule has 5 nitrogen and oxygen atoms in total. The number of thiazole rings is 1.